The summed E-state index contributed by atoms with van der Waals surface area (Å²) >= 11 is 0. The maximum atomic E-state index is 11.6. The summed E-state index contributed by atoms with van der Waals surface area (Å²) in [7, 11) is -4.15. The monoisotopic (exact) mass is 426 g/mol. The molecular weight excluding hydrogens is 390 g/mol. The van der Waals surface area contributed by atoms with Crippen molar-refractivity contribution < 1.29 is 57.6 Å². The third kappa shape index (κ3) is 11.7. The van der Waals surface area contributed by atoms with Gasteiger partial charge >= 0.3 is 35.5 Å². The number of phosphoric acid groups is 1. The first-order valence-electron chi connectivity index (χ1n) is 10.8. The van der Waals surface area contributed by atoms with E-state index in [1.165, 1.54) is 64.2 Å². The first kappa shape index (κ1) is 26.6. The molecule has 1 unspecified atom stereocenters. The van der Waals surface area contributed by atoms with Gasteiger partial charge in [0, 0.05) is 6.42 Å². The second-order valence-electron chi connectivity index (χ2n) is 8.07. The van der Waals surface area contributed by atoms with Crippen LogP contribution in [0.25, 0.3) is 0 Å². The van der Waals surface area contributed by atoms with Crippen LogP contribution in [0.3, 0.4) is 0 Å². The van der Waals surface area contributed by atoms with Crippen molar-refractivity contribution in [1.82, 2.24) is 0 Å². The Bertz CT molecular complexity index is 489. The number of ether oxygens (including phenoxy) is 1. The van der Waals surface area contributed by atoms with E-state index < -0.39 is 13.9 Å². The Morgan fingerprint density at radius 2 is 1.64 bits per heavy atom. The Labute approximate surface area is 192 Å². The molecule has 6 nitrogen and oxygen atoms in total. The van der Waals surface area contributed by atoms with Crippen molar-refractivity contribution >= 4 is 13.8 Å². The quantitative estimate of drug-likeness (QED) is 0.172. The number of unbranched alkanes of at least 4 members (excludes halogenated alkanes) is 7. The van der Waals surface area contributed by atoms with Gasteiger partial charge in [-0.25, -0.2) is 0 Å². The van der Waals surface area contributed by atoms with Crippen molar-refractivity contribution in [3.63, 3.8) is 0 Å². The third-order valence-corrected chi connectivity index (χ3v) is 6.60. The minimum atomic E-state index is -4.15. The van der Waals surface area contributed by atoms with Crippen LogP contribution in [0, 0.1) is 11.8 Å². The van der Waals surface area contributed by atoms with Crippen LogP contribution >= 0.6 is 7.82 Å². The van der Waals surface area contributed by atoms with Gasteiger partial charge in [0.1, 0.15) is 12.7 Å². The Morgan fingerprint density at radius 1 is 1.04 bits per heavy atom. The Balaban J connectivity index is 0.00000392. The minimum absolute atomic E-state index is 0. The number of esters is 1. The van der Waals surface area contributed by atoms with E-state index in [0.717, 1.165) is 24.7 Å². The molecule has 0 aromatic carbocycles. The van der Waals surface area contributed by atoms with Crippen LogP contribution in [0.4, 0.5) is 0 Å². The van der Waals surface area contributed by atoms with E-state index >= 15 is 0 Å². The fourth-order valence-electron chi connectivity index (χ4n) is 3.81. The van der Waals surface area contributed by atoms with Crippen LogP contribution in [0.15, 0.2) is 0 Å². The normalized spacial score (nSPS) is 28.7. The molecule has 1 saturated heterocycles. The number of phosphoric ester groups is 1. The average molecular weight is 426 g/mol. The van der Waals surface area contributed by atoms with E-state index in [1.807, 2.05) is 0 Å². The van der Waals surface area contributed by atoms with Gasteiger partial charge in [-0.05, 0) is 24.7 Å². The molecule has 2 fully saturated rings. The standard InChI is InChI=1S/C20H37O6P.Na/c1-2-3-4-8-11-17-14-18(17)12-9-6-5-7-10-13-20(21)24-15-19-16-25-27(22,23)26-19;/h17-19H,2-16H2,1H3,(H,22,23);/q;+1/p-1/t17-,18+,19-;/m1./s1. The molecular formula is C20H36NaO6P. The summed E-state index contributed by atoms with van der Waals surface area (Å²) in [5, 5.41) is 0. The molecule has 28 heavy (non-hydrogen) atoms. The second kappa shape index (κ2) is 14.6. The average Bonchev–Trinajstić information content (AvgIpc) is 3.28. The zero-order valence-electron chi connectivity index (χ0n) is 17.7. The topological polar surface area (TPSA) is 84.9 Å². The van der Waals surface area contributed by atoms with E-state index in [1.54, 1.807) is 0 Å². The number of rotatable bonds is 15. The molecule has 0 amide bonds. The van der Waals surface area contributed by atoms with E-state index in [9.17, 15) is 14.3 Å². The van der Waals surface area contributed by atoms with E-state index in [4.69, 9.17) is 4.74 Å². The maximum absolute atomic E-state index is 11.6. The number of hydrogen-bond acceptors (Lipinski definition) is 6. The van der Waals surface area contributed by atoms with Crippen LogP contribution in [0.1, 0.15) is 90.4 Å². The minimum Gasteiger partial charge on any atom is -0.756 e. The molecule has 0 bridgehead atoms. The van der Waals surface area contributed by atoms with E-state index in [0.29, 0.717) is 6.42 Å². The van der Waals surface area contributed by atoms with Crippen LogP contribution in [-0.4, -0.2) is 25.3 Å². The summed E-state index contributed by atoms with van der Waals surface area (Å²) in [5.41, 5.74) is 0. The molecule has 1 saturated carbocycles. The molecule has 2 rings (SSSR count). The number of carbonyl (C=O) groups is 1. The van der Waals surface area contributed by atoms with Gasteiger partial charge in [-0.3, -0.25) is 9.36 Å². The summed E-state index contributed by atoms with van der Waals surface area (Å²) in [6, 6.07) is 0. The Hall–Kier alpha value is 0.580. The van der Waals surface area contributed by atoms with E-state index in [-0.39, 0.29) is 48.7 Å². The van der Waals surface area contributed by atoms with Gasteiger partial charge in [-0.15, -0.1) is 0 Å². The second-order valence-corrected chi connectivity index (χ2v) is 9.43. The molecule has 1 aliphatic heterocycles. The zero-order valence-corrected chi connectivity index (χ0v) is 20.6. The van der Waals surface area contributed by atoms with Crippen LogP contribution in [0.2, 0.25) is 0 Å². The van der Waals surface area contributed by atoms with Gasteiger partial charge in [0.2, 0.25) is 0 Å². The predicted molar refractivity (Wildman–Crippen MR) is 102 cm³/mol. The van der Waals surface area contributed by atoms with Gasteiger partial charge < -0.3 is 18.7 Å². The van der Waals surface area contributed by atoms with Crippen molar-refractivity contribution in [2.24, 2.45) is 11.8 Å². The molecule has 0 aromatic heterocycles. The van der Waals surface area contributed by atoms with Crippen LogP contribution < -0.4 is 34.5 Å². The zero-order chi connectivity index (χ0) is 19.5. The SMILES string of the molecule is CCCCCC[C@@H]1C[C@@H]1CCCCCCCC(=O)OC[C@@H]1COP(=O)([O-])O1.[Na+]. The molecule has 1 aliphatic carbocycles. The molecule has 1 heterocycles. The van der Waals surface area contributed by atoms with Crippen molar-refractivity contribution in [2.75, 3.05) is 13.2 Å². The maximum Gasteiger partial charge on any atom is 1.00 e. The van der Waals surface area contributed by atoms with Gasteiger partial charge in [0.15, 0.2) is 0 Å². The first-order valence-corrected chi connectivity index (χ1v) is 12.3. The molecule has 0 aromatic rings. The predicted octanol–water partition coefficient (Wildman–Crippen LogP) is 1.75. The summed E-state index contributed by atoms with van der Waals surface area (Å²) in [5.74, 6) is 1.71. The van der Waals surface area contributed by atoms with Crippen LogP contribution in [-0.2, 0) is 23.1 Å². The third-order valence-electron chi connectivity index (χ3n) is 5.58. The molecule has 0 radical (unpaired) electrons. The van der Waals surface area contributed by atoms with Crippen molar-refractivity contribution in [2.45, 2.75) is 96.5 Å². The number of carbonyl (C=O) groups excluding carboxylic acids is 1. The van der Waals surface area contributed by atoms with Crippen molar-refractivity contribution in [1.29, 1.82) is 0 Å². The Morgan fingerprint density at radius 3 is 2.25 bits per heavy atom. The Kier molecular flexibility index (Phi) is 13.8. The molecule has 4 atom stereocenters. The fraction of sp³-hybridized carbons (Fsp3) is 0.950. The van der Waals surface area contributed by atoms with Gasteiger partial charge in [-0.1, -0.05) is 71.1 Å². The van der Waals surface area contributed by atoms with Crippen molar-refractivity contribution in [3.05, 3.63) is 0 Å². The summed E-state index contributed by atoms with van der Waals surface area (Å²) in [6.45, 7) is 2.12. The molecule has 2 aliphatic rings. The molecule has 0 spiro atoms. The van der Waals surface area contributed by atoms with Crippen molar-refractivity contribution in [3.8, 4) is 0 Å². The first-order chi connectivity index (χ1) is 13.0. The molecule has 158 valence electrons. The van der Waals surface area contributed by atoms with Crippen LogP contribution in [0.5, 0.6) is 0 Å². The molecule has 8 heteroatoms. The smallest absolute Gasteiger partial charge is 0.756 e. The molecule has 0 N–H and O–H groups in total. The number of hydrogen-bond donors (Lipinski definition) is 0. The summed E-state index contributed by atoms with van der Waals surface area (Å²) in [6.07, 6.45) is 15.1. The van der Waals surface area contributed by atoms with Gasteiger partial charge in [0.05, 0.1) is 6.61 Å². The van der Waals surface area contributed by atoms with E-state index in [2.05, 4.69) is 16.0 Å². The summed E-state index contributed by atoms with van der Waals surface area (Å²) < 4.78 is 25.1. The fourth-order valence-corrected chi connectivity index (χ4v) is 4.71. The summed E-state index contributed by atoms with van der Waals surface area (Å²) in [4.78, 5) is 22.6. The van der Waals surface area contributed by atoms with Gasteiger partial charge in [0.25, 0.3) is 7.82 Å². The largest absolute Gasteiger partial charge is 1.00 e. The van der Waals surface area contributed by atoms with Gasteiger partial charge in [-0.2, -0.15) is 0 Å².